The average molecular weight is 334 g/mol. The van der Waals surface area contributed by atoms with E-state index in [0.29, 0.717) is 0 Å². The molecule has 0 spiro atoms. The first-order chi connectivity index (χ1) is 10.6. The van der Waals surface area contributed by atoms with Gasteiger partial charge in [-0.1, -0.05) is 12.1 Å². The van der Waals surface area contributed by atoms with Gasteiger partial charge in [0, 0.05) is 18.5 Å². The largest absolute Gasteiger partial charge is 0.450 e. The molecule has 1 fully saturated rings. The maximum atomic E-state index is 6.05. The second-order valence-corrected chi connectivity index (χ2v) is 6.03. The lowest BCUT2D eigenvalue weighted by Gasteiger charge is -2.35. The predicted molar refractivity (Wildman–Crippen MR) is 93.5 cm³/mol. The number of aryl methyl sites for hydroxylation is 1. The van der Waals surface area contributed by atoms with Crippen LogP contribution in [0.15, 0.2) is 28.7 Å². The molecule has 0 N–H and O–H groups in total. The van der Waals surface area contributed by atoms with Crippen molar-refractivity contribution in [2.45, 2.75) is 33.0 Å². The maximum absolute atomic E-state index is 6.05. The van der Waals surface area contributed by atoms with E-state index in [-0.39, 0.29) is 24.6 Å². The fourth-order valence-corrected chi connectivity index (χ4v) is 3.25. The molecule has 1 aromatic carbocycles. The van der Waals surface area contributed by atoms with Crippen LogP contribution >= 0.6 is 12.4 Å². The molecule has 1 aliphatic rings. The number of halogens is 1. The molecular formula is C17H20ClN3O2. The summed E-state index contributed by atoms with van der Waals surface area (Å²) in [5.41, 5.74) is 2.52. The Bertz CT molecular complexity index is 838. The summed E-state index contributed by atoms with van der Waals surface area (Å²) in [7, 11) is 0. The quantitative estimate of drug-likeness (QED) is 0.679. The summed E-state index contributed by atoms with van der Waals surface area (Å²) in [4.78, 5) is 11.5. The van der Waals surface area contributed by atoms with Gasteiger partial charge in [0.1, 0.15) is 16.9 Å². The van der Waals surface area contributed by atoms with Crippen LogP contribution in [0.1, 0.15) is 19.7 Å². The number of hydrogen-bond acceptors (Lipinski definition) is 5. The monoisotopic (exact) mass is 333 g/mol. The minimum Gasteiger partial charge on any atom is -0.450 e. The number of furan rings is 1. The van der Waals surface area contributed by atoms with E-state index in [2.05, 4.69) is 28.7 Å². The molecule has 3 heterocycles. The van der Waals surface area contributed by atoms with Gasteiger partial charge in [0.25, 0.3) is 0 Å². The van der Waals surface area contributed by atoms with Crippen molar-refractivity contribution in [3.8, 4) is 0 Å². The first-order valence-electron chi connectivity index (χ1n) is 7.68. The molecule has 2 unspecified atom stereocenters. The van der Waals surface area contributed by atoms with Crippen LogP contribution in [0.4, 0.5) is 5.82 Å². The fourth-order valence-electron chi connectivity index (χ4n) is 3.25. The fraction of sp³-hybridized carbons (Fsp3) is 0.412. The van der Waals surface area contributed by atoms with Gasteiger partial charge < -0.3 is 14.1 Å². The van der Waals surface area contributed by atoms with Crippen LogP contribution in [0.25, 0.3) is 22.1 Å². The molecule has 3 aromatic rings. The van der Waals surface area contributed by atoms with Gasteiger partial charge in [0.2, 0.25) is 0 Å². The van der Waals surface area contributed by atoms with E-state index in [1.165, 1.54) is 0 Å². The molecule has 1 saturated heterocycles. The SMILES string of the molecule is Cc1nc(N2CC(C)OC(C)C2)c2oc3ccccc3c2n1.Cl. The highest BCUT2D eigenvalue weighted by molar-refractivity contribution is 6.05. The van der Waals surface area contributed by atoms with E-state index in [1.807, 2.05) is 31.2 Å². The number of hydrogen-bond donors (Lipinski definition) is 0. The molecule has 122 valence electrons. The molecule has 23 heavy (non-hydrogen) atoms. The van der Waals surface area contributed by atoms with Crippen LogP contribution < -0.4 is 4.90 Å². The van der Waals surface area contributed by atoms with Crippen molar-refractivity contribution < 1.29 is 9.15 Å². The molecule has 0 radical (unpaired) electrons. The number of aromatic nitrogens is 2. The van der Waals surface area contributed by atoms with Gasteiger partial charge in [0.15, 0.2) is 11.4 Å². The lowest BCUT2D eigenvalue weighted by molar-refractivity contribution is -0.00542. The summed E-state index contributed by atoms with van der Waals surface area (Å²) in [6.45, 7) is 7.73. The molecule has 4 rings (SSSR count). The van der Waals surface area contributed by atoms with Crippen molar-refractivity contribution in [2.24, 2.45) is 0 Å². The van der Waals surface area contributed by atoms with E-state index in [0.717, 1.165) is 46.8 Å². The third-order valence-corrected chi connectivity index (χ3v) is 4.03. The van der Waals surface area contributed by atoms with Crippen molar-refractivity contribution in [1.82, 2.24) is 9.97 Å². The molecule has 0 aliphatic carbocycles. The number of nitrogens with zero attached hydrogens (tertiary/aromatic N) is 3. The first-order valence-corrected chi connectivity index (χ1v) is 7.68. The van der Waals surface area contributed by atoms with Crippen molar-refractivity contribution in [3.63, 3.8) is 0 Å². The second kappa shape index (κ2) is 5.98. The Morgan fingerprint density at radius 2 is 1.78 bits per heavy atom. The summed E-state index contributed by atoms with van der Waals surface area (Å²) in [6, 6.07) is 8.00. The van der Waals surface area contributed by atoms with Crippen molar-refractivity contribution in [3.05, 3.63) is 30.1 Å². The highest BCUT2D eigenvalue weighted by atomic mass is 35.5. The Kier molecular flexibility index (Phi) is 4.17. The number of morpholine rings is 1. The number of ether oxygens (including phenoxy) is 1. The maximum Gasteiger partial charge on any atom is 0.196 e. The predicted octanol–water partition coefficient (Wildman–Crippen LogP) is 3.72. The van der Waals surface area contributed by atoms with Gasteiger partial charge in [-0.3, -0.25) is 0 Å². The molecule has 0 amide bonds. The highest BCUT2D eigenvalue weighted by Crippen LogP contribution is 2.33. The van der Waals surface area contributed by atoms with Crippen LogP contribution in [-0.4, -0.2) is 35.3 Å². The molecule has 2 atom stereocenters. The lowest BCUT2D eigenvalue weighted by Crippen LogP contribution is -2.46. The Hall–Kier alpha value is -1.85. The highest BCUT2D eigenvalue weighted by Gasteiger charge is 2.26. The molecule has 0 saturated carbocycles. The van der Waals surface area contributed by atoms with Crippen LogP contribution in [-0.2, 0) is 4.74 Å². The molecular weight excluding hydrogens is 314 g/mol. The third kappa shape index (κ3) is 2.75. The van der Waals surface area contributed by atoms with Gasteiger partial charge in [-0.15, -0.1) is 12.4 Å². The molecule has 0 bridgehead atoms. The zero-order valence-corrected chi connectivity index (χ0v) is 14.3. The standard InChI is InChI=1S/C17H19N3O2.ClH/c1-10-8-20(9-11(2)21-10)17-16-15(18-12(3)19-17)13-6-4-5-7-14(13)22-16;/h4-7,10-11H,8-9H2,1-3H3;1H. The second-order valence-electron chi connectivity index (χ2n) is 6.03. The van der Waals surface area contributed by atoms with E-state index < -0.39 is 0 Å². The summed E-state index contributed by atoms with van der Waals surface area (Å²) in [5, 5.41) is 1.04. The van der Waals surface area contributed by atoms with E-state index in [1.54, 1.807) is 0 Å². The van der Waals surface area contributed by atoms with Gasteiger partial charge in [-0.2, -0.15) is 0 Å². The molecule has 1 aliphatic heterocycles. The van der Waals surface area contributed by atoms with Crippen molar-refractivity contribution >= 4 is 40.3 Å². The van der Waals surface area contributed by atoms with E-state index in [9.17, 15) is 0 Å². The van der Waals surface area contributed by atoms with Crippen LogP contribution in [0.3, 0.4) is 0 Å². The first kappa shape index (κ1) is 16.0. The van der Waals surface area contributed by atoms with E-state index in [4.69, 9.17) is 9.15 Å². The average Bonchev–Trinajstić information content (AvgIpc) is 2.84. The number of benzene rings is 1. The third-order valence-electron chi connectivity index (χ3n) is 4.03. The van der Waals surface area contributed by atoms with Gasteiger partial charge in [-0.25, -0.2) is 9.97 Å². The Labute approximate surface area is 141 Å². The van der Waals surface area contributed by atoms with Crippen molar-refractivity contribution in [1.29, 1.82) is 0 Å². The van der Waals surface area contributed by atoms with Crippen LogP contribution in [0.5, 0.6) is 0 Å². The minimum absolute atomic E-state index is 0. The summed E-state index contributed by atoms with van der Waals surface area (Å²) < 4.78 is 11.9. The summed E-state index contributed by atoms with van der Waals surface area (Å²) in [6.07, 6.45) is 0.358. The Balaban J connectivity index is 0.00000156. The lowest BCUT2D eigenvalue weighted by atomic mass is 10.2. The Morgan fingerprint density at radius 3 is 2.52 bits per heavy atom. The number of anilines is 1. The number of para-hydroxylation sites is 1. The smallest absolute Gasteiger partial charge is 0.196 e. The zero-order chi connectivity index (χ0) is 15.3. The normalized spacial score (nSPS) is 21.6. The topological polar surface area (TPSA) is 51.4 Å². The van der Waals surface area contributed by atoms with Gasteiger partial charge in [-0.05, 0) is 32.9 Å². The van der Waals surface area contributed by atoms with Gasteiger partial charge in [0.05, 0.1) is 12.2 Å². The Morgan fingerprint density at radius 1 is 1.09 bits per heavy atom. The zero-order valence-electron chi connectivity index (χ0n) is 13.4. The van der Waals surface area contributed by atoms with Gasteiger partial charge >= 0.3 is 0 Å². The summed E-state index contributed by atoms with van der Waals surface area (Å²) >= 11 is 0. The number of rotatable bonds is 1. The molecule has 2 aromatic heterocycles. The minimum atomic E-state index is 0. The van der Waals surface area contributed by atoms with Crippen LogP contribution in [0, 0.1) is 6.92 Å². The van der Waals surface area contributed by atoms with Crippen LogP contribution in [0.2, 0.25) is 0 Å². The van der Waals surface area contributed by atoms with E-state index >= 15 is 0 Å². The summed E-state index contributed by atoms with van der Waals surface area (Å²) in [5.74, 6) is 1.64. The van der Waals surface area contributed by atoms with Crippen molar-refractivity contribution in [2.75, 3.05) is 18.0 Å². The molecule has 5 nitrogen and oxygen atoms in total. The number of fused-ring (bicyclic) bond motifs is 3. The molecule has 6 heteroatoms.